The number of piperidine rings is 1. The quantitative estimate of drug-likeness (QED) is 0.734. The van der Waals surface area contributed by atoms with Crippen molar-refractivity contribution in [2.45, 2.75) is 32.4 Å². The highest BCUT2D eigenvalue weighted by Gasteiger charge is 2.31. The Bertz CT molecular complexity index is 814. The number of anilines is 1. The fourth-order valence-electron chi connectivity index (χ4n) is 3.44. The molecule has 24 heavy (non-hydrogen) atoms. The van der Waals surface area contributed by atoms with Gasteiger partial charge in [-0.25, -0.2) is 4.98 Å². The molecular weight excluding hydrogens is 306 g/mol. The summed E-state index contributed by atoms with van der Waals surface area (Å²) in [5.74, 6) is 3.22. The highest BCUT2D eigenvalue weighted by molar-refractivity contribution is 5.49. The summed E-state index contributed by atoms with van der Waals surface area (Å²) in [7, 11) is 1.67. The van der Waals surface area contributed by atoms with Gasteiger partial charge in [0.05, 0.1) is 24.6 Å². The molecule has 1 fully saturated rings. The third-order valence-corrected chi connectivity index (χ3v) is 4.61. The zero-order valence-corrected chi connectivity index (χ0v) is 13.9. The Morgan fingerprint density at radius 1 is 1.42 bits per heavy atom. The molecule has 126 valence electrons. The fourth-order valence-corrected chi connectivity index (χ4v) is 3.44. The van der Waals surface area contributed by atoms with Crippen molar-refractivity contribution in [3.8, 4) is 0 Å². The molecular formula is C17H21N5O2. The molecule has 4 rings (SSSR count). The molecule has 1 saturated heterocycles. The van der Waals surface area contributed by atoms with E-state index in [2.05, 4.69) is 26.9 Å². The number of aromatic nitrogens is 4. The van der Waals surface area contributed by atoms with Crippen LogP contribution in [0.5, 0.6) is 0 Å². The maximum Gasteiger partial charge on any atom is 0.254 e. The number of methoxy groups -OCH3 is 1. The minimum Gasteiger partial charge on any atom is -0.467 e. The molecule has 0 saturated carbocycles. The molecule has 2 atom stereocenters. The predicted molar refractivity (Wildman–Crippen MR) is 88.7 cm³/mol. The molecule has 0 spiro atoms. The summed E-state index contributed by atoms with van der Waals surface area (Å²) in [5, 5.41) is 4.36. The highest BCUT2D eigenvalue weighted by Crippen LogP contribution is 2.37. The van der Waals surface area contributed by atoms with Crippen molar-refractivity contribution in [3.63, 3.8) is 0 Å². The third kappa shape index (κ3) is 2.65. The molecule has 3 aromatic heterocycles. The average Bonchev–Trinajstić information content (AvgIpc) is 3.26. The summed E-state index contributed by atoms with van der Waals surface area (Å²) < 4.78 is 12.8. The normalized spacial score (nSPS) is 21.5. The van der Waals surface area contributed by atoms with Gasteiger partial charge in [0.25, 0.3) is 5.78 Å². The van der Waals surface area contributed by atoms with Gasteiger partial charge in [-0.2, -0.15) is 14.6 Å². The van der Waals surface area contributed by atoms with Crippen LogP contribution in [-0.4, -0.2) is 33.2 Å². The third-order valence-electron chi connectivity index (χ3n) is 4.61. The van der Waals surface area contributed by atoms with Gasteiger partial charge in [0.2, 0.25) is 0 Å². The van der Waals surface area contributed by atoms with E-state index in [0.29, 0.717) is 18.3 Å². The second kappa shape index (κ2) is 6.24. The van der Waals surface area contributed by atoms with E-state index in [-0.39, 0.29) is 6.04 Å². The molecule has 1 aliphatic heterocycles. The van der Waals surface area contributed by atoms with Gasteiger partial charge in [0.15, 0.2) is 0 Å². The van der Waals surface area contributed by atoms with Crippen LogP contribution in [0.25, 0.3) is 5.78 Å². The Hall–Kier alpha value is -2.41. The maximum atomic E-state index is 5.72. The van der Waals surface area contributed by atoms with Gasteiger partial charge >= 0.3 is 0 Å². The summed E-state index contributed by atoms with van der Waals surface area (Å²) in [6, 6.07) is 6.22. The molecule has 0 amide bonds. The van der Waals surface area contributed by atoms with E-state index >= 15 is 0 Å². The lowest BCUT2D eigenvalue weighted by Gasteiger charge is -2.38. The Kier molecular flexibility index (Phi) is 3.93. The highest BCUT2D eigenvalue weighted by atomic mass is 16.5. The van der Waals surface area contributed by atoms with Gasteiger partial charge in [0, 0.05) is 19.7 Å². The largest absolute Gasteiger partial charge is 0.467 e. The summed E-state index contributed by atoms with van der Waals surface area (Å²) in [6.07, 6.45) is 5.46. The van der Waals surface area contributed by atoms with E-state index in [1.165, 1.54) is 6.33 Å². The fraction of sp³-hybridized carbons (Fsp3) is 0.471. The van der Waals surface area contributed by atoms with Crippen molar-refractivity contribution >= 4 is 11.6 Å². The van der Waals surface area contributed by atoms with Crippen molar-refractivity contribution < 1.29 is 9.15 Å². The van der Waals surface area contributed by atoms with Crippen LogP contribution in [0.2, 0.25) is 0 Å². The molecule has 3 aromatic rings. The number of ether oxygens (including phenoxy) is 1. The van der Waals surface area contributed by atoms with E-state index in [0.717, 1.165) is 36.7 Å². The lowest BCUT2D eigenvalue weighted by molar-refractivity contribution is 0.181. The molecule has 0 bridgehead atoms. The van der Waals surface area contributed by atoms with E-state index in [1.54, 1.807) is 17.9 Å². The number of nitrogens with zero attached hydrogens (tertiary/aromatic N) is 5. The molecule has 0 aliphatic carbocycles. The Morgan fingerprint density at radius 3 is 3.12 bits per heavy atom. The minimum absolute atomic E-state index is 0.189. The van der Waals surface area contributed by atoms with Gasteiger partial charge in [-0.1, -0.05) is 6.92 Å². The number of rotatable bonds is 4. The van der Waals surface area contributed by atoms with Crippen LogP contribution in [0.1, 0.15) is 37.3 Å². The van der Waals surface area contributed by atoms with Gasteiger partial charge in [-0.05, 0) is 30.9 Å². The summed E-state index contributed by atoms with van der Waals surface area (Å²) in [5.41, 5.74) is 0.852. The van der Waals surface area contributed by atoms with Crippen molar-refractivity contribution in [2.24, 2.45) is 5.92 Å². The van der Waals surface area contributed by atoms with Crippen LogP contribution < -0.4 is 4.90 Å². The summed E-state index contributed by atoms with van der Waals surface area (Å²) >= 11 is 0. The van der Waals surface area contributed by atoms with Crippen molar-refractivity contribution in [3.05, 3.63) is 42.2 Å². The van der Waals surface area contributed by atoms with Crippen LogP contribution in [0, 0.1) is 5.92 Å². The lowest BCUT2D eigenvalue weighted by atomic mass is 9.91. The van der Waals surface area contributed by atoms with Gasteiger partial charge in [0.1, 0.15) is 17.9 Å². The van der Waals surface area contributed by atoms with Crippen LogP contribution in [0.3, 0.4) is 0 Å². The van der Waals surface area contributed by atoms with E-state index < -0.39 is 0 Å². The second-order valence-corrected chi connectivity index (χ2v) is 6.36. The van der Waals surface area contributed by atoms with E-state index in [4.69, 9.17) is 9.15 Å². The van der Waals surface area contributed by atoms with Crippen LogP contribution in [0.15, 0.2) is 35.2 Å². The molecule has 0 radical (unpaired) electrons. The smallest absolute Gasteiger partial charge is 0.254 e. The van der Waals surface area contributed by atoms with Crippen molar-refractivity contribution in [2.75, 3.05) is 18.6 Å². The minimum atomic E-state index is 0.189. The predicted octanol–water partition coefficient (Wildman–Crippen LogP) is 2.84. The first-order valence-corrected chi connectivity index (χ1v) is 8.25. The molecule has 4 heterocycles. The number of fused-ring (bicyclic) bond motifs is 1. The number of hydrogen-bond donors (Lipinski definition) is 0. The topological polar surface area (TPSA) is 68.7 Å². The summed E-state index contributed by atoms with van der Waals surface area (Å²) in [4.78, 5) is 11.1. The second-order valence-electron chi connectivity index (χ2n) is 6.36. The van der Waals surface area contributed by atoms with E-state index in [9.17, 15) is 0 Å². The molecule has 1 aliphatic rings. The summed E-state index contributed by atoms with van der Waals surface area (Å²) in [6.45, 7) is 3.69. The zero-order chi connectivity index (χ0) is 16.5. The first-order valence-electron chi connectivity index (χ1n) is 8.25. The Labute approximate surface area is 140 Å². The lowest BCUT2D eigenvalue weighted by Crippen LogP contribution is -2.37. The standard InChI is InChI=1S/C17H21N5O2/c1-12-5-6-21(14(8-12)15-4-3-7-24-15)16-9-13(10-23-2)20-17-18-11-19-22(16)17/h3-4,7,9,11-12,14H,5-6,8,10H2,1-2H3/t12-,14+/m1/s1. The molecule has 0 unspecified atom stereocenters. The Balaban J connectivity index is 1.80. The van der Waals surface area contributed by atoms with Crippen molar-refractivity contribution in [1.82, 2.24) is 19.6 Å². The van der Waals surface area contributed by atoms with Crippen LogP contribution in [-0.2, 0) is 11.3 Å². The number of hydrogen-bond acceptors (Lipinski definition) is 6. The van der Waals surface area contributed by atoms with E-state index in [1.807, 2.05) is 18.2 Å². The first-order chi connectivity index (χ1) is 11.8. The molecule has 0 aromatic carbocycles. The van der Waals surface area contributed by atoms with Crippen molar-refractivity contribution in [1.29, 1.82) is 0 Å². The van der Waals surface area contributed by atoms with Crippen LogP contribution in [0.4, 0.5) is 5.82 Å². The number of furan rings is 1. The van der Waals surface area contributed by atoms with Gasteiger partial charge in [-0.15, -0.1) is 0 Å². The molecule has 7 heteroatoms. The maximum absolute atomic E-state index is 5.72. The first kappa shape index (κ1) is 15.1. The molecule has 7 nitrogen and oxygen atoms in total. The monoisotopic (exact) mass is 327 g/mol. The van der Waals surface area contributed by atoms with Gasteiger partial charge in [-0.3, -0.25) is 0 Å². The van der Waals surface area contributed by atoms with Crippen LogP contribution >= 0.6 is 0 Å². The van der Waals surface area contributed by atoms with Gasteiger partial charge < -0.3 is 14.1 Å². The average molecular weight is 327 g/mol. The molecule has 0 N–H and O–H groups in total. The SMILES string of the molecule is COCc1cc(N2CC[C@@H](C)C[C@H]2c2ccco2)n2ncnc2n1. The Morgan fingerprint density at radius 2 is 2.33 bits per heavy atom. The zero-order valence-electron chi connectivity index (χ0n) is 13.9.